The van der Waals surface area contributed by atoms with Crippen LogP contribution < -0.4 is 5.73 Å². The standard InChI is InChI=1S/C16H26N2/c1-2-18(16-10-6-7-11-16)13-15(12-17)14-8-4-3-5-9-14/h3-5,8-9,15-16H,2,6-7,10-13,17H2,1H3. The molecule has 2 N–H and O–H groups in total. The number of rotatable bonds is 6. The number of hydrogen-bond acceptors (Lipinski definition) is 2. The zero-order valence-electron chi connectivity index (χ0n) is 11.5. The molecule has 1 aliphatic rings. The van der Waals surface area contributed by atoms with Crippen LogP contribution in [-0.2, 0) is 0 Å². The van der Waals surface area contributed by atoms with E-state index in [1.54, 1.807) is 0 Å². The number of likely N-dealkylation sites (N-methyl/N-ethyl adjacent to an activating group) is 1. The molecule has 0 saturated heterocycles. The molecule has 1 aromatic rings. The van der Waals surface area contributed by atoms with Crippen LogP contribution in [-0.4, -0.2) is 30.6 Å². The lowest BCUT2D eigenvalue weighted by Gasteiger charge is -2.31. The highest BCUT2D eigenvalue weighted by Crippen LogP contribution is 2.25. The highest BCUT2D eigenvalue weighted by Gasteiger charge is 2.23. The van der Waals surface area contributed by atoms with Gasteiger partial charge >= 0.3 is 0 Å². The van der Waals surface area contributed by atoms with Crippen molar-refractivity contribution < 1.29 is 0 Å². The van der Waals surface area contributed by atoms with Gasteiger partial charge in [0.2, 0.25) is 0 Å². The second-order valence-corrected chi connectivity index (χ2v) is 5.37. The van der Waals surface area contributed by atoms with Crippen molar-refractivity contribution in [2.75, 3.05) is 19.6 Å². The van der Waals surface area contributed by atoms with Gasteiger partial charge in [-0.05, 0) is 24.9 Å². The summed E-state index contributed by atoms with van der Waals surface area (Å²) in [6.07, 6.45) is 5.55. The quantitative estimate of drug-likeness (QED) is 0.836. The molecule has 0 heterocycles. The summed E-state index contributed by atoms with van der Waals surface area (Å²) in [6, 6.07) is 11.5. The van der Waals surface area contributed by atoms with Gasteiger partial charge in [-0.3, -0.25) is 0 Å². The number of hydrogen-bond donors (Lipinski definition) is 1. The van der Waals surface area contributed by atoms with Crippen LogP contribution >= 0.6 is 0 Å². The number of benzene rings is 1. The molecular formula is C16H26N2. The SMILES string of the molecule is CCN(CC(CN)c1ccccc1)C1CCCC1. The average Bonchev–Trinajstić information content (AvgIpc) is 2.95. The van der Waals surface area contributed by atoms with Crippen LogP contribution in [0.2, 0.25) is 0 Å². The minimum Gasteiger partial charge on any atom is -0.330 e. The van der Waals surface area contributed by atoms with E-state index in [9.17, 15) is 0 Å². The van der Waals surface area contributed by atoms with E-state index >= 15 is 0 Å². The lowest BCUT2D eigenvalue weighted by molar-refractivity contribution is 0.197. The van der Waals surface area contributed by atoms with E-state index in [0.29, 0.717) is 5.92 Å². The summed E-state index contributed by atoms with van der Waals surface area (Å²) in [6.45, 7) is 5.28. The third-order valence-corrected chi connectivity index (χ3v) is 4.26. The van der Waals surface area contributed by atoms with Crippen LogP contribution in [0.4, 0.5) is 0 Å². The van der Waals surface area contributed by atoms with Gasteiger partial charge in [0.15, 0.2) is 0 Å². The Morgan fingerprint density at radius 1 is 1.22 bits per heavy atom. The smallest absolute Gasteiger partial charge is 0.00953 e. The van der Waals surface area contributed by atoms with Crippen LogP contribution in [0.1, 0.15) is 44.1 Å². The van der Waals surface area contributed by atoms with Gasteiger partial charge in [-0.1, -0.05) is 50.1 Å². The molecule has 100 valence electrons. The van der Waals surface area contributed by atoms with Crippen LogP contribution in [0.3, 0.4) is 0 Å². The molecule has 0 bridgehead atoms. The summed E-state index contributed by atoms with van der Waals surface area (Å²) in [7, 11) is 0. The van der Waals surface area contributed by atoms with Gasteiger partial charge in [-0.25, -0.2) is 0 Å². The van der Waals surface area contributed by atoms with E-state index in [4.69, 9.17) is 5.73 Å². The van der Waals surface area contributed by atoms with Crippen molar-refractivity contribution in [3.05, 3.63) is 35.9 Å². The van der Waals surface area contributed by atoms with Gasteiger partial charge in [0, 0.05) is 25.0 Å². The molecule has 2 nitrogen and oxygen atoms in total. The minimum absolute atomic E-state index is 0.478. The third kappa shape index (κ3) is 3.33. The Bertz CT molecular complexity index is 330. The van der Waals surface area contributed by atoms with E-state index in [2.05, 4.69) is 42.2 Å². The molecule has 1 aromatic carbocycles. The Morgan fingerprint density at radius 3 is 2.44 bits per heavy atom. The summed E-state index contributed by atoms with van der Waals surface area (Å²) in [4.78, 5) is 2.64. The molecule has 0 aromatic heterocycles. The predicted octanol–water partition coefficient (Wildman–Crippen LogP) is 2.99. The van der Waals surface area contributed by atoms with Crippen molar-refractivity contribution in [1.82, 2.24) is 4.90 Å². The Morgan fingerprint density at radius 2 is 1.89 bits per heavy atom. The van der Waals surface area contributed by atoms with Gasteiger partial charge in [0.25, 0.3) is 0 Å². The minimum atomic E-state index is 0.478. The van der Waals surface area contributed by atoms with Crippen molar-refractivity contribution >= 4 is 0 Å². The number of nitrogens with zero attached hydrogens (tertiary/aromatic N) is 1. The molecule has 0 amide bonds. The topological polar surface area (TPSA) is 29.3 Å². The maximum Gasteiger partial charge on any atom is 0.00953 e. The first-order chi connectivity index (χ1) is 8.85. The Kier molecular flexibility index (Phi) is 5.21. The fraction of sp³-hybridized carbons (Fsp3) is 0.625. The van der Waals surface area contributed by atoms with Crippen molar-refractivity contribution in [2.45, 2.75) is 44.6 Å². The molecule has 0 aliphatic heterocycles. The Balaban J connectivity index is 2.00. The molecular weight excluding hydrogens is 220 g/mol. The van der Waals surface area contributed by atoms with E-state index in [1.165, 1.54) is 31.2 Å². The van der Waals surface area contributed by atoms with Crippen LogP contribution in [0.15, 0.2) is 30.3 Å². The van der Waals surface area contributed by atoms with Gasteiger partial charge in [-0.2, -0.15) is 0 Å². The molecule has 1 saturated carbocycles. The fourth-order valence-corrected chi connectivity index (χ4v) is 3.13. The molecule has 1 atom stereocenters. The average molecular weight is 246 g/mol. The molecule has 1 aliphatic carbocycles. The molecule has 2 rings (SSSR count). The Hall–Kier alpha value is -0.860. The molecule has 0 spiro atoms. The molecule has 1 fully saturated rings. The largest absolute Gasteiger partial charge is 0.330 e. The van der Waals surface area contributed by atoms with Crippen molar-refractivity contribution in [2.24, 2.45) is 5.73 Å². The first kappa shape index (κ1) is 13.6. The number of nitrogens with two attached hydrogens (primary N) is 1. The second-order valence-electron chi connectivity index (χ2n) is 5.37. The van der Waals surface area contributed by atoms with Crippen molar-refractivity contribution in [3.8, 4) is 0 Å². The van der Waals surface area contributed by atoms with Crippen LogP contribution in [0.25, 0.3) is 0 Å². The summed E-state index contributed by atoms with van der Waals surface area (Å²) in [5.41, 5.74) is 7.37. The van der Waals surface area contributed by atoms with Crippen molar-refractivity contribution in [1.29, 1.82) is 0 Å². The lowest BCUT2D eigenvalue weighted by Crippen LogP contribution is -2.38. The summed E-state index contributed by atoms with van der Waals surface area (Å²) in [5, 5.41) is 0. The summed E-state index contributed by atoms with van der Waals surface area (Å²) < 4.78 is 0. The van der Waals surface area contributed by atoms with Crippen molar-refractivity contribution in [3.63, 3.8) is 0 Å². The van der Waals surface area contributed by atoms with Crippen LogP contribution in [0.5, 0.6) is 0 Å². The zero-order valence-corrected chi connectivity index (χ0v) is 11.5. The van der Waals surface area contributed by atoms with Gasteiger partial charge in [-0.15, -0.1) is 0 Å². The van der Waals surface area contributed by atoms with E-state index in [-0.39, 0.29) is 0 Å². The summed E-state index contributed by atoms with van der Waals surface area (Å²) in [5.74, 6) is 0.478. The first-order valence-electron chi connectivity index (χ1n) is 7.34. The van der Waals surface area contributed by atoms with Gasteiger partial charge in [0.05, 0.1) is 0 Å². The third-order valence-electron chi connectivity index (χ3n) is 4.26. The maximum atomic E-state index is 5.98. The summed E-state index contributed by atoms with van der Waals surface area (Å²) >= 11 is 0. The molecule has 18 heavy (non-hydrogen) atoms. The Labute approximate surface area is 111 Å². The van der Waals surface area contributed by atoms with E-state index in [0.717, 1.165) is 25.7 Å². The van der Waals surface area contributed by atoms with Gasteiger partial charge < -0.3 is 10.6 Å². The molecule has 1 unspecified atom stereocenters. The highest BCUT2D eigenvalue weighted by molar-refractivity contribution is 5.20. The zero-order chi connectivity index (χ0) is 12.8. The molecule has 0 radical (unpaired) electrons. The molecule has 2 heteroatoms. The second kappa shape index (κ2) is 6.91. The monoisotopic (exact) mass is 246 g/mol. The van der Waals surface area contributed by atoms with E-state index < -0.39 is 0 Å². The first-order valence-corrected chi connectivity index (χ1v) is 7.34. The van der Waals surface area contributed by atoms with Gasteiger partial charge in [0.1, 0.15) is 0 Å². The lowest BCUT2D eigenvalue weighted by atomic mass is 9.98. The van der Waals surface area contributed by atoms with E-state index in [1.807, 2.05) is 0 Å². The predicted molar refractivity (Wildman–Crippen MR) is 77.7 cm³/mol. The normalized spacial score (nSPS) is 18.4. The highest BCUT2D eigenvalue weighted by atomic mass is 15.2. The fourth-order valence-electron chi connectivity index (χ4n) is 3.13. The van der Waals surface area contributed by atoms with Crippen LogP contribution in [0, 0.1) is 0 Å². The maximum absolute atomic E-state index is 5.98.